The summed E-state index contributed by atoms with van der Waals surface area (Å²) in [6.45, 7) is 3.14. The predicted octanol–water partition coefficient (Wildman–Crippen LogP) is 1.11. The van der Waals surface area contributed by atoms with Crippen LogP contribution in [0.1, 0.15) is 30.6 Å². The number of rotatable bonds is 6. The van der Waals surface area contributed by atoms with E-state index in [1.165, 1.54) is 6.92 Å². The van der Waals surface area contributed by atoms with Crippen LogP contribution < -0.4 is 10.6 Å². The molecule has 0 saturated carbocycles. The summed E-state index contributed by atoms with van der Waals surface area (Å²) in [5, 5.41) is 14.0. The maximum Gasteiger partial charge on any atom is 0.254 e. The van der Waals surface area contributed by atoms with Gasteiger partial charge in [0.15, 0.2) is 11.6 Å². The van der Waals surface area contributed by atoms with E-state index < -0.39 is 47.0 Å². The van der Waals surface area contributed by atoms with Crippen LogP contribution >= 0.6 is 0 Å². The zero-order valence-electron chi connectivity index (χ0n) is 12.1. The van der Waals surface area contributed by atoms with Crippen molar-refractivity contribution in [2.45, 2.75) is 32.4 Å². The van der Waals surface area contributed by atoms with Crippen LogP contribution in [0.4, 0.5) is 13.2 Å². The highest BCUT2D eigenvalue weighted by Crippen LogP contribution is 2.13. The van der Waals surface area contributed by atoms with Crippen LogP contribution in [0.25, 0.3) is 0 Å². The number of halogens is 3. The van der Waals surface area contributed by atoms with Crippen LogP contribution in [0.2, 0.25) is 0 Å². The van der Waals surface area contributed by atoms with Crippen LogP contribution in [0, 0.1) is 17.5 Å². The van der Waals surface area contributed by atoms with E-state index in [-0.39, 0.29) is 19.0 Å². The second-order valence-corrected chi connectivity index (χ2v) is 4.79. The van der Waals surface area contributed by atoms with Gasteiger partial charge >= 0.3 is 0 Å². The van der Waals surface area contributed by atoms with Gasteiger partial charge in [0.25, 0.3) is 5.91 Å². The quantitative estimate of drug-likeness (QED) is 0.688. The highest BCUT2D eigenvalue weighted by molar-refractivity contribution is 5.94. The molecule has 0 aliphatic carbocycles. The largest absolute Gasteiger partial charge is 0.383 e. The second kappa shape index (κ2) is 7.79. The summed E-state index contributed by atoms with van der Waals surface area (Å²) < 4.78 is 39.2. The third kappa shape index (κ3) is 4.73. The van der Waals surface area contributed by atoms with Crippen LogP contribution in [0.15, 0.2) is 12.1 Å². The summed E-state index contributed by atoms with van der Waals surface area (Å²) >= 11 is 0. The lowest BCUT2D eigenvalue weighted by Crippen LogP contribution is -2.44. The topological polar surface area (TPSA) is 78.4 Å². The van der Waals surface area contributed by atoms with Crippen LogP contribution in [0.5, 0.6) is 0 Å². The standard InChI is InChI=1S/C14H17F3N2O3/c1-3-12(20)14(22)18-6-7(2)19-13(21)8-4-10(16)11(17)5-9(8)15/h4-5,7,12,20H,3,6H2,1-2H3,(H,18,22)(H,19,21). The first-order valence-electron chi connectivity index (χ1n) is 6.67. The number of carbonyl (C=O) groups is 2. The van der Waals surface area contributed by atoms with Crippen molar-refractivity contribution in [3.63, 3.8) is 0 Å². The van der Waals surface area contributed by atoms with Crippen LogP contribution in [-0.4, -0.2) is 35.6 Å². The Morgan fingerprint density at radius 1 is 1.18 bits per heavy atom. The molecule has 5 nitrogen and oxygen atoms in total. The van der Waals surface area contributed by atoms with Gasteiger partial charge in [-0.1, -0.05) is 6.92 Å². The Balaban J connectivity index is 2.61. The van der Waals surface area contributed by atoms with Gasteiger partial charge < -0.3 is 15.7 Å². The summed E-state index contributed by atoms with van der Waals surface area (Å²) in [6.07, 6.45) is -0.904. The van der Waals surface area contributed by atoms with E-state index in [1.54, 1.807) is 6.92 Å². The third-order valence-corrected chi connectivity index (χ3v) is 2.90. The lowest BCUT2D eigenvalue weighted by atomic mass is 10.1. The molecule has 1 aromatic rings. The van der Waals surface area contributed by atoms with E-state index in [0.29, 0.717) is 6.07 Å². The number of aliphatic hydroxyl groups is 1. The van der Waals surface area contributed by atoms with Crippen molar-refractivity contribution in [2.24, 2.45) is 0 Å². The number of aliphatic hydroxyl groups excluding tert-OH is 1. The van der Waals surface area contributed by atoms with Gasteiger partial charge in [0.1, 0.15) is 11.9 Å². The van der Waals surface area contributed by atoms with Gasteiger partial charge in [-0.15, -0.1) is 0 Å². The van der Waals surface area contributed by atoms with E-state index in [0.717, 1.165) is 0 Å². The highest BCUT2D eigenvalue weighted by atomic mass is 19.2. The molecule has 0 heterocycles. The molecule has 1 rings (SSSR count). The van der Waals surface area contributed by atoms with Gasteiger partial charge in [-0.2, -0.15) is 0 Å². The molecule has 0 bridgehead atoms. The first-order valence-corrected chi connectivity index (χ1v) is 6.67. The number of hydrogen-bond donors (Lipinski definition) is 3. The number of benzene rings is 1. The Hall–Kier alpha value is -2.09. The fourth-order valence-electron chi connectivity index (χ4n) is 1.61. The summed E-state index contributed by atoms with van der Waals surface area (Å²) in [7, 11) is 0. The summed E-state index contributed by atoms with van der Waals surface area (Å²) in [6, 6.07) is 0.147. The first kappa shape index (κ1) is 18.0. The molecule has 3 N–H and O–H groups in total. The molecule has 22 heavy (non-hydrogen) atoms. The number of amides is 2. The Kier molecular flexibility index (Phi) is 6.36. The fourth-order valence-corrected chi connectivity index (χ4v) is 1.61. The molecule has 0 spiro atoms. The van der Waals surface area contributed by atoms with Crippen molar-refractivity contribution >= 4 is 11.8 Å². The molecule has 1 aromatic carbocycles. The van der Waals surface area contributed by atoms with Crippen LogP contribution in [0.3, 0.4) is 0 Å². The van der Waals surface area contributed by atoms with Gasteiger partial charge in [0, 0.05) is 18.7 Å². The molecule has 0 aromatic heterocycles. The Morgan fingerprint density at radius 3 is 2.36 bits per heavy atom. The van der Waals surface area contributed by atoms with Crippen molar-refractivity contribution in [1.82, 2.24) is 10.6 Å². The lowest BCUT2D eigenvalue weighted by Gasteiger charge is -2.16. The Bertz CT molecular complexity index is 567. The van der Waals surface area contributed by atoms with E-state index in [1.807, 2.05) is 0 Å². The molecule has 8 heteroatoms. The number of nitrogens with one attached hydrogen (secondary N) is 2. The number of hydrogen-bond acceptors (Lipinski definition) is 3. The maximum atomic E-state index is 13.4. The van der Waals surface area contributed by atoms with Crippen molar-refractivity contribution < 1.29 is 27.9 Å². The minimum absolute atomic E-state index is 0.00701. The van der Waals surface area contributed by atoms with E-state index >= 15 is 0 Å². The minimum atomic E-state index is -1.39. The SMILES string of the molecule is CCC(O)C(=O)NCC(C)NC(=O)c1cc(F)c(F)cc1F. The average Bonchev–Trinajstić information content (AvgIpc) is 2.47. The van der Waals surface area contributed by atoms with Gasteiger partial charge in [-0.25, -0.2) is 13.2 Å². The van der Waals surface area contributed by atoms with Gasteiger partial charge in [0.05, 0.1) is 5.56 Å². The van der Waals surface area contributed by atoms with Gasteiger partial charge in [-0.05, 0) is 19.4 Å². The lowest BCUT2D eigenvalue weighted by molar-refractivity contribution is -0.129. The molecule has 0 saturated heterocycles. The molecule has 122 valence electrons. The van der Waals surface area contributed by atoms with Crippen molar-refractivity contribution in [2.75, 3.05) is 6.54 Å². The zero-order chi connectivity index (χ0) is 16.9. The molecule has 2 atom stereocenters. The van der Waals surface area contributed by atoms with Gasteiger partial charge in [0.2, 0.25) is 5.91 Å². The van der Waals surface area contributed by atoms with Crippen LogP contribution in [-0.2, 0) is 4.79 Å². The average molecular weight is 318 g/mol. The fraction of sp³-hybridized carbons (Fsp3) is 0.429. The van der Waals surface area contributed by atoms with Crippen molar-refractivity contribution in [3.8, 4) is 0 Å². The van der Waals surface area contributed by atoms with Gasteiger partial charge in [-0.3, -0.25) is 9.59 Å². The molecule has 0 aliphatic heterocycles. The predicted molar refractivity (Wildman–Crippen MR) is 72.6 cm³/mol. The molecule has 2 amide bonds. The molecular weight excluding hydrogens is 301 g/mol. The van der Waals surface area contributed by atoms with E-state index in [4.69, 9.17) is 0 Å². The molecule has 2 unspecified atom stereocenters. The van der Waals surface area contributed by atoms with E-state index in [9.17, 15) is 27.9 Å². The van der Waals surface area contributed by atoms with Crippen molar-refractivity contribution in [1.29, 1.82) is 0 Å². The molecule has 0 radical (unpaired) electrons. The van der Waals surface area contributed by atoms with E-state index in [2.05, 4.69) is 10.6 Å². The molecular formula is C14H17F3N2O3. The molecule has 0 fully saturated rings. The highest BCUT2D eigenvalue weighted by Gasteiger charge is 2.19. The molecule has 0 aliphatic rings. The van der Waals surface area contributed by atoms with Crippen molar-refractivity contribution in [3.05, 3.63) is 35.1 Å². The zero-order valence-corrected chi connectivity index (χ0v) is 12.1. The normalized spacial score (nSPS) is 13.4. The monoisotopic (exact) mass is 318 g/mol. The second-order valence-electron chi connectivity index (χ2n) is 4.79. The minimum Gasteiger partial charge on any atom is -0.383 e. The Morgan fingerprint density at radius 2 is 1.77 bits per heavy atom. The first-order chi connectivity index (χ1) is 10.3. The summed E-state index contributed by atoms with van der Waals surface area (Å²) in [4.78, 5) is 23.1. The summed E-state index contributed by atoms with van der Waals surface area (Å²) in [5.74, 6) is -5.44. The maximum absolute atomic E-state index is 13.4. The summed E-state index contributed by atoms with van der Waals surface area (Å²) in [5.41, 5.74) is -0.634. The third-order valence-electron chi connectivity index (χ3n) is 2.90. The number of carbonyl (C=O) groups excluding carboxylic acids is 2. The smallest absolute Gasteiger partial charge is 0.254 e. The Labute approximate surface area is 125 Å².